The van der Waals surface area contributed by atoms with Crippen LogP contribution in [0.5, 0.6) is 5.75 Å². The molecular formula is C20H17OP. The van der Waals surface area contributed by atoms with Crippen LogP contribution in [0.4, 0.5) is 0 Å². The van der Waals surface area contributed by atoms with E-state index in [0.717, 1.165) is 18.8 Å². The van der Waals surface area contributed by atoms with Crippen LogP contribution in [0, 0.1) is 0 Å². The Labute approximate surface area is 132 Å². The summed E-state index contributed by atoms with van der Waals surface area (Å²) in [4.78, 5) is 0. The Bertz CT molecular complexity index is 729. The van der Waals surface area contributed by atoms with Crippen molar-refractivity contribution in [1.29, 1.82) is 0 Å². The average molecular weight is 304 g/mol. The van der Waals surface area contributed by atoms with Crippen LogP contribution < -0.4 is 20.7 Å². The maximum absolute atomic E-state index is 5.77. The molecule has 0 bridgehead atoms. The zero-order chi connectivity index (χ0) is 14.8. The molecule has 0 radical (unpaired) electrons. The Morgan fingerprint density at radius 3 is 1.95 bits per heavy atom. The number of benzene rings is 3. The highest BCUT2D eigenvalue weighted by Gasteiger charge is 2.23. The van der Waals surface area contributed by atoms with E-state index in [0.29, 0.717) is 0 Å². The van der Waals surface area contributed by atoms with Crippen LogP contribution in [0.1, 0.15) is 5.56 Å². The Morgan fingerprint density at radius 2 is 1.32 bits per heavy atom. The van der Waals surface area contributed by atoms with Crippen molar-refractivity contribution in [2.45, 2.75) is 6.42 Å². The van der Waals surface area contributed by atoms with Gasteiger partial charge < -0.3 is 4.74 Å². The predicted octanol–water partition coefficient (Wildman–Crippen LogP) is 3.38. The average Bonchev–Trinajstić information content (AvgIpc) is 3.07. The quantitative estimate of drug-likeness (QED) is 0.674. The summed E-state index contributed by atoms with van der Waals surface area (Å²) in [5.74, 6) is 1.07. The van der Waals surface area contributed by atoms with E-state index < -0.39 is 7.92 Å². The van der Waals surface area contributed by atoms with E-state index >= 15 is 0 Å². The molecular weight excluding hydrogens is 287 g/mol. The molecule has 0 fully saturated rings. The minimum absolute atomic E-state index is 0.529. The van der Waals surface area contributed by atoms with Gasteiger partial charge in [0.1, 0.15) is 5.75 Å². The van der Waals surface area contributed by atoms with Gasteiger partial charge in [0.15, 0.2) is 0 Å². The SMILES string of the molecule is c1ccc(P(c2ccccc2)c2cccc3c2CCO3)cc1. The molecule has 0 N–H and O–H groups in total. The second-order valence-corrected chi connectivity index (χ2v) is 7.54. The molecule has 0 saturated heterocycles. The van der Waals surface area contributed by atoms with Crippen molar-refractivity contribution in [2.75, 3.05) is 6.61 Å². The molecule has 1 nitrogen and oxygen atoms in total. The zero-order valence-electron chi connectivity index (χ0n) is 12.3. The minimum Gasteiger partial charge on any atom is -0.493 e. The van der Waals surface area contributed by atoms with Gasteiger partial charge in [0.2, 0.25) is 0 Å². The zero-order valence-corrected chi connectivity index (χ0v) is 13.2. The van der Waals surface area contributed by atoms with Crippen molar-refractivity contribution in [1.82, 2.24) is 0 Å². The summed E-state index contributed by atoms with van der Waals surface area (Å²) in [6.45, 7) is 0.805. The van der Waals surface area contributed by atoms with Crippen molar-refractivity contribution in [3.63, 3.8) is 0 Å². The van der Waals surface area contributed by atoms with Gasteiger partial charge in [0.05, 0.1) is 6.61 Å². The van der Waals surface area contributed by atoms with Crippen LogP contribution in [0.2, 0.25) is 0 Å². The van der Waals surface area contributed by atoms with E-state index in [1.807, 2.05) is 0 Å². The first-order valence-electron chi connectivity index (χ1n) is 7.58. The number of ether oxygens (including phenoxy) is 1. The molecule has 0 saturated carbocycles. The molecule has 2 heteroatoms. The minimum atomic E-state index is -0.529. The Kier molecular flexibility index (Phi) is 3.66. The second-order valence-electron chi connectivity index (χ2n) is 5.36. The van der Waals surface area contributed by atoms with Gasteiger partial charge in [0.25, 0.3) is 0 Å². The summed E-state index contributed by atoms with van der Waals surface area (Å²) >= 11 is 0. The van der Waals surface area contributed by atoms with Crippen molar-refractivity contribution >= 4 is 23.8 Å². The summed E-state index contributed by atoms with van der Waals surface area (Å²) in [6, 6.07) is 28.2. The maximum Gasteiger partial charge on any atom is 0.123 e. The first-order valence-corrected chi connectivity index (χ1v) is 8.92. The van der Waals surface area contributed by atoms with E-state index in [1.54, 1.807) is 0 Å². The number of hydrogen-bond acceptors (Lipinski definition) is 1. The fourth-order valence-corrected chi connectivity index (χ4v) is 5.52. The molecule has 1 aliphatic rings. The van der Waals surface area contributed by atoms with E-state index in [1.165, 1.54) is 21.5 Å². The summed E-state index contributed by atoms with van der Waals surface area (Å²) < 4.78 is 5.77. The Hall–Kier alpha value is -2.11. The van der Waals surface area contributed by atoms with Gasteiger partial charge in [-0.15, -0.1) is 0 Å². The largest absolute Gasteiger partial charge is 0.493 e. The van der Waals surface area contributed by atoms with Gasteiger partial charge in [-0.3, -0.25) is 0 Å². The van der Waals surface area contributed by atoms with Crippen molar-refractivity contribution in [2.24, 2.45) is 0 Å². The van der Waals surface area contributed by atoms with Gasteiger partial charge in [-0.05, 0) is 29.9 Å². The first-order chi connectivity index (χ1) is 10.9. The van der Waals surface area contributed by atoms with Crippen molar-refractivity contribution in [3.05, 3.63) is 84.4 Å². The second kappa shape index (κ2) is 5.94. The summed E-state index contributed by atoms with van der Waals surface area (Å²) in [6.07, 6.45) is 1.02. The van der Waals surface area contributed by atoms with Crippen LogP contribution in [-0.2, 0) is 6.42 Å². The van der Waals surface area contributed by atoms with Crippen molar-refractivity contribution < 1.29 is 4.74 Å². The van der Waals surface area contributed by atoms with E-state index in [9.17, 15) is 0 Å². The van der Waals surface area contributed by atoms with E-state index in [4.69, 9.17) is 4.74 Å². The Balaban J connectivity index is 1.91. The van der Waals surface area contributed by atoms with Crippen LogP contribution >= 0.6 is 7.92 Å². The number of hydrogen-bond donors (Lipinski definition) is 0. The fraction of sp³-hybridized carbons (Fsp3) is 0.100. The standard InChI is InChI=1S/C20H17OP/c1-3-8-16(9-4-1)22(17-10-5-2-6-11-17)20-13-7-12-19-18(20)14-15-21-19/h1-13H,14-15H2. The predicted molar refractivity (Wildman–Crippen MR) is 94.3 cm³/mol. The smallest absolute Gasteiger partial charge is 0.123 e. The highest BCUT2D eigenvalue weighted by molar-refractivity contribution is 7.79. The molecule has 1 aliphatic heterocycles. The normalized spacial score (nSPS) is 13.0. The maximum atomic E-state index is 5.77. The molecule has 1 heterocycles. The van der Waals surface area contributed by atoms with Gasteiger partial charge in [-0.1, -0.05) is 72.8 Å². The highest BCUT2D eigenvalue weighted by Crippen LogP contribution is 2.37. The van der Waals surface area contributed by atoms with Gasteiger partial charge >= 0.3 is 0 Å². The lowest BCUT2D eigenvalue weighted by Gasteiger charge is -2.21. The topological polar surface area (TPSA) is 9.23 Å². The monoisotopic (exact) mass is 304 g/mol. The van der Waals surface area contributed by atoms with Crippen molar-refractivity contribution in [3.8, 4) is 5.75 Å². The first kappa shape index (κ1) is 13.5. The van der Waals surface area contributed by atoms with Crippen LogP contribution in [-0.4, -0.2) is 6.61 Å². The fourth-order valence-electron chi connectivity index (χ4n) is 2.99. The third-order valence-electron chi connectivity index (χ3n) is 3.99. The van der Waals surface area contributed by atoms with Gasteiger partial charge in [0, 0.05) is 12.0 Å². The number of fused-ring (bicyclic) bond motifs is 1. The third kappa shape index (κ3) is 2.42. The molecule has 108 valence electrons. The van der Waals surface area contributed by atoms with E-state index in [-0.39, 0.29) is 0 Å². The molecule has 0 unspecified atom stereocenters. The molecule has 4 rings (SSSR count). The lowest BCUT2D eigenvalue weighted by molar-refractivity contribution is 0.357. The molecule has 0 spiro atoms. The summed E-state index contributed by atoms with van der Waals surface area (Å²) in [7, 11) is -0.529. The molecule has 0 atom stereocenters. The third-order valence-corrected chi connectivity index (χ3v) is 6.52. The highest BCUT2D eigenvalue weighted by atomic mass is 31.1. The lowest BCUT2D eigenvalue weighted by atomic mass is 10.2. The van der Waals surface area contributed by atoms with Gasteiger partial charge in [-0.25, -0.2) is 0 Å². The van der Waals surface area contributed by atoms with E-state index in [2.05, 4.69) is 78.9 Å². The molecule has 3 aromatic carbocycles. The van der Waals surface area contributed by atoms with Gasteiger partial charge in [-0.2, -0.15) is 0 Å². The molecule has 0 aliphatic carbocycles. The van der Waals surface area contributed by atoms with Crippen LogP contribution in [0.3, 0.4) is 0 Å². The Morgan fingerprint density at radius 1 is 0.682 bits per heavy atom. The molecule has 0 aromatic heterocycles. The summed E-state index contributed by atoms with van der Waals surface area (Å²) in [5.41, 5.74) is 1.39. The van der Waals surface area contributed by atoms with Crippen LogP contribution in [0.15, 0.2) is 78.9 Å². The molecule has 0 amide bonds. The summed E-state index contributed by atoms with van der Waals surface area (Å²) in [5, 5.41) is 4.22. The molecule has 22 heavy (non-hydrogen) atoms. The van der Waals surface area contributed by atoms with Crippen LogP contribution in [0.25, 0.3) is 0 Å². The molecule has 3 aromatic rings. The lowest BCUT2D eigenvalue weighted by Crippen LogP contribution is -2.22. The number of rotatable bonds is 3.